The molecule has 2 heterocycles. The van der Waals surface area contributed by atoms with E-state index in [1.54, 1.807) is 6.20 Å². The summed E-state index contributed by atoms with van der Waals surface area (Å²) in [6.45, 7) is 0. The van der Waals surface area contributed by atoms with Gasteiger partial charge in [0.1, 0.15) is 5.71 Å². The van der Waals surface area contributed by atoms with Crippen LogP contribution in [0.1, 0.15) is 5.56 Å². The molecule has 6 aromatic carbocycles. The molecule has 0 aliphatic heterocycles. The Morgan fingerprint density at radius 2 is 1.18 bits per heavy atom. The van der Waals surface area contributed by atoms with Gasteiger partial charge in [0.15, 0.2) is 0 Å². The quantitative estimate of drug-likeness (QED) is 0.107. The van der Waals surface area contributed by atoms with Gasteiger partial charge in [-0.05, 0) is 109 Å². The van der Waals surface area contributed by atoms with Crippen LogP contribution in [0.2, 0.25) is 0 Å². The second-order valence-corrected chi connectivity index (χ2v) is 12.6. The minimum Gasteiger partial charge on any atom is -0.299 e. The van der Waals surface area contributed by atoms with Gasteiger partial charge in [-0.3, -0.25) is 15.8 Å². The van der Waals surface area contributed by atoms with Gasteiger partial charge in [0.25, 0.3) is 0 Å². The van der Waals surface area contributed by atoms with Gasteiger partial charge in [-0.1, -0.05) is 109 Å². The molecule has 0 unspecified atom stereocenters. The number of rotatable bonds is 6. The molecule has 2 aromatic heterocycles. The minimum atomic E-state index is 0.348. The van der Waals surface area contributed by atoms with E-state index in [2.05, 4.69) is 101 Å². The third-order valence-corrected chi connectivity index (χ3v) is 9.45. The lowest BCUT2D eigenvalue weighted by molar-refractivity contribution is 1.28. The van der Waals surface area contributed by atoms with Gasteiger partial charge in [0.05, 0.1) is 22.8 Å². The molecule has 1 aliphatic rings. The van der Waals surface area contributed by atoms with Crippen molar-refractivity contribution in [3.63, 3.8) is 0 Å². The molecule has 0 spiro atoms. The maximum absolute atomic E-state index is 8.73. The lowest BCUT2D eigenvalue weighted by atomic mass is 9.84. The summed E-state index contributed by atoms with van der Waals surface area (Å²) in [7, 11) is 0. The van der Waals surface area contributed by atoms with Gasteiger partial charge in [-0.15, -0.1) is 0 Å². The predicted molar refractivity (Wildman–Crippen MR) is 213 cm³/mol. The largest absolute Gasteiger partial charge is 0.299 e. The van der Waals surface area contributed by atoms with Crippen molar-refractivity contribution in [3.8, 4) is 33.6 Å². The number of hydrogen-bond donors (Lipinski definition) is 2. The summed E-state index contributed by atoms with van der Waals surface area (Å²) >= 11 is 0. The van der Waals surface area contributed by atoms with Crippen molar-refractivity contribution in [3.05, 3.63) is 182 Å². The van der Waals surface area contributed by atoms with E-state index in [1.807, 2.05) is 79.0 Å². The molecule has 9 rings (SSSR count). The van der Waals surface area contributed by atoms with Crippen molar-refractivity contribution in [1.82, 2.24) is 9.97 Å². The van der Waals surface area contributed by atoms with Gasteiger partial charge in [-0.2, -0.15) is 5.10 Å². The first-order chi connectivity index (χ1) is 25.2. The fourth-order valence-corrected chi connectivity index (χ4v) is 6.99. The van der Waals surface area contributed by atoms with E-state index in [1.165, 1.54) is 32.7 Å². The lowest BCUT2D eigenvalue weighted by Crippen LogP contribution is -2.14. The van der Waals surface area contributed by atoms with Crippen molar-refractivity contribution < 1.29 is 0 Å². The first-order valence-electron chi connectivity index (χ1n) is 16.9. The van der Waals surface area contributed by atoms with Crippen LogP contribution in [0.3, 0.4) is 0 Å². The highest BCUT2D eigenvalue weighted by atomic mass is 15.3. The first kappa shape index (κ1) is 30.1. The normalized spacial score (nSPS) is 13.6. The molecule has 51 heavy (non-hydrogen) atoms. The number of aromatic nitrogens is 2. The number of hydrazone groups is 1. The Balaban J connectivity index is 1.07. The molecule has 1 aliphatic carbocycles. The molecule has 0 atom stereocenters. The zero-order chi connectivity index (χ0) is 34.1. The molecular formula is C46H31N5. The Morgan fingerprint density at radius 3 is 1.88 bits per heavy atom. The van der Waals surface area contributed by atoms with E-state index >= 15 is 0 Å². The van der Waals surface area contributed by atoms with E-state index in [-0.39, 0.29) is 0 Å². The Hall–Kier alpha value is -6.98. The number of hydrogen-bond acceptors (Lipinski definition) is 5. The van der Waals surface area contributed by atoms with Crippen LogP contribution in [0.5, 0.6) is 0 Å². The molecule has 240 valence electrons. The van der Waals surface area contributed by atoms with E-state index in [9.17, 15) is 0 Å². The Morgan fingerprint density at radius 1 is 0.529 bits per heavy atom. The van der Waals surface area contributed by atoms with Gasteiger partial charge in [0.2, 0.25) is 0 Å². The van der Waals surface area contributed by atoms with Crippen LogP contribution in [-0.4, -0.2) is 21.4 Å². The number of nitrogens with one attached hydrogen (secondary N) is 2. The summed E-state index contributed by atoms with van der Waals surface area (Å²) in [6, 6.07) is 50.5. The maximum atomic E-state index is 8.73. The molecule has 0 amide bonds. The number of pyridine rings is 2. The lowest BCUT2D eigenvalue weighted by Gasteiger charge is -2.20. The number of benzene rings is 6. The predicted octanol–water partition coefficient (Wildman–Crippen LogP) is 11.4. The molecule has 5 heteroatoms. The number of allylic oxidation sites excluding steroid dienone is 4. The summed E-state index contributed by atoms with van der Waals surface area (Å²) in [6.07, 6.45) is 9.47. The van der Waals surface area contributed by atoms with Crippen LogP contribution in [0.15, 0.2) is 181 Å². The molecule has 5 nitrogen and oxygen atoms in total. The van der Waals surface area contributed by atoms with Gasteiger partial charge < -0.3 is 0 Å². The van der Waals surface area contributed by atoms with Crippen molar-refractivity contribution in [1.29, 1.82) is 5.41 Å². The number of fused-ring (bicyclic) bond motifs is 3. The van der Waals surface area contributed by atoms with Crippen molar-refractivity contribution in [2.75, 3.05) is 5.43 Å². The van der Waals surface area contributed by atoms with Crippen molar-refractivity contribution in [2.45, 2.75) is 0 Å². The van der Waals surface area contributed by atoms with Gasteiger partial charge in [0, 0.05) is 23.5 Å². The Labute approximate surface area is 295 Å². The van der Waals surface area contributed by atoms with Crippen LogP contribution in [0.25, 0.3) is 71.5 Å². The highest BCUT2D eigenvalue weighted by molar-refractivity contribution is 6.52. The molecule has 0 fully saturated rings. The van der Waals surface area contributed by atoms with Crippen molar-refractivity contribution in [2.24, 2.45) is 5.10 Å². The summed E-state index contributed by atoms with van der Waals surface area (Å²) in [5.41, 5.74) is 13.2. The van der Waals surface area contributed by atoms with E-state index in [0.717, 1.165) is 50.1 Å². The Kier molecular flexibility index (Phi) is 7.56. The average Bonchev–Trinajstić information content (AvgIpc) is 3.20. The Bertz CT molecular complexity index is 2670. The van der Waals surface area contributed by atoms with Gasteiger partial charge in [-0.25, -0.2) is 4.98 Å². The molecule has 0 saturated carbocycles. The molecule has 0 radical (unpaired) electrons. The standard InChI is InChI=1S/C46H31N5/c47-41-25-22-34(28-44(41)51-50-36-23-20-31(21-24-36)42-16-7-17-43(49-42)35-11-8-26-48-29-35)46-39-14-5-3-12-37(39)45(38-13-4-6-15-40(38)46)33-19-18-30-9-1-2-10-32(30)27-33/h1-29,47,50H/b47-41?,51-44-. The average molecular weight is 654 g/mol. The van der Waals surface area contributed by atoms with Crippen LogP contribution in [-0.2, 0) is 0 Å². The maximum Gasteiger partial charge on any atom is 0.109 e. The van der Waals surface area contributed by atoms with Crippen LogP contribution < -0.4 is 5.43 Å². The zero-order valence-electron chi connectivity index (χ0n) is 27.6. The number of anilines is 1. The molecule has 2 N–H and O–H groups in total. The third-order valence-electron chi connectivity index (χ3n) is 9.45. The smallest absolute Gasteiger partial charge is 0.109 e. The summed E-state index contributed by atoms with van der Waals surface area (Å²) < 4.78 is 0. The highest BCUT2D eigenvalue weighted by Crippen LogP contribution is 2.43. The second kappa shape index (κ2) is 12.8. The van der Waals surface area contributed by atoms with Crippen LogP contribution in [0, 0.1) is 5.41 Å². The second-order valence-electron chi connectivity index (χ2n) is 12.6. The van der Waals surface area contributed by atoms with E-state index in [4.69, 9.17) is 15.5 Å². The van der Waals surface area contributed by atoms with E-state index < -0.39 is 0 Å². The monoisotopic (exact) mass is 653 g/mol. The summed E-state index contributed by atoms with van der Waals surface area (Å²) in [5.74, 6) is 0. The molecule has 8 aromatic rings. The van der Waals surface area contributed by atoms with Crippen LogP contribution >= 0.6 is 0 Å². The van der Waals surface area contributed by atoms with Crippen LogP contribution in [0.4, 0.5) is 5.69 Å². The molecule has 0 saturated heterocycles. The summed E-state index contributed by atoms with van der Waals surface area (Å²) in [4.78, 5) is 9.08. The minimum absolute atomic E-state index is 0.348. The zero-order valence-corrected chi connectivity index (χ0v) is 27.6. The van der Waals surface area contributed by atoms with E-state index in [0.29, 0.717) is 11.4 Å². The fourth-order valence-electron chi connectivity index (χ4n) is 6.99. The SMILES string of the molecule is N=C1C=CC(c2c3ccccc3c(-c3ccc4ccccc4c3)c3ccccc23)=C/C1=N/Nc1ccc(-c2cccc(-c3cccnc3)n2)cc1. The molecule has 0 bridgehead atoms. The first-order valence-corrected chi connectivity index (χ1v) is 16.9. The summed E-state index contributed by atoms with van der Waals surface area (Å²) in [5, 5.41) is 20.6. The number of nitrogens with zero attached hydrogens (tertiary/aromatic N) is 3. The van der Waals surface area contributed by atoms with Gasteiger partial charge >= 0.3 is 0 Å². The fraction of sp³-hybridized carbons (Fsp3) is 0. The topological polar surface area (TPSA) is 74.0 Å². The third kappa shape index (κ3) is 5.67. The molecular weight excluding hydrogens is 623 g/mol. The van der Waals surface area contributed by atoms with Crippen molar-refractivity contribution >= 4 is 55.0 Å². The highest BCUT2D eigenvalue weighted by Gasteiger charge is 2.19.